The second-order valence-electron chi connectivity index (χ2n) is 6.57. The van der Waals surface area contributed by atoms with Crippen LogP contribution in [-0.4, -0.2) is 20.7 Å². The number of thiazole rings is 1. The number of aromatic nitrogens is 3. The maximum Gasteiger partial charge on any atom is 0.278 e. The highest BCUT2D eigenvalue weighted by molar-refractivity contribution is 7.16. The predicted octanol–water partition coefficient (Wildman–Crippen LogP) is 3.56. The second kappa shape index (κ2) is 5.81. The molecule has 0 fully saturated rings. The summed E-state index contributed by atoms with van der Waals surface area (Å²) >= 11 is 1.60. The molecule has 1 amide bonds. The van der Waals surface area contributed by atoms with E-state index in [2.05, 4.69) is 15.4 Å². The Kier molecular flexibility index (Phi) is 3.45. The minimum atomic E-state index is -0.139. The number of rotatable bonds is 3. The van der Waals surface area contributed by atoms with Crippen molar-refractivity contribution in [2.75, 3.05) is 5.32 Å². The summed E-state index contributed by atoms with van der Waals surface area (Å²) in [4.78, 5) is 18.7. The molecular formula is C19H18N4OS. The van der Waals surface area contributed by atoms with Crippen molar-refractivity contribution < 1.29 is 4.79 Å². The molecule has 0 atom stereocenters. The van der Waals surface area contributed by atoms with Gasteiger partial charge in [0.15, 0.2) is 10.8 Å². The number of fused-ring (bicyclic) bond motifs is 2. The molecular weight excluding hydrogens is 332 g/mol. The quantitative estimate of drug-likeness (QED) is 0.786. The van der Waals surface area contributed by atoms with Crippen molar-refractivity contribution >= 4 is 22.4 Å². The lowest BCUT2D eigenvalue weighted by Crippen LogP contribution is -2.15. The molecule has 2 heterocycles. The Morgan fingerprint density at radius 1 is 1.08 bits per heavy atom. The van der Waals surface area contributed by atoms with Gasteiger partial charge >= 0.3 is 0 Å². The van der Waals surface area contributed by atoms with Crippen molar-refractivity contribution in [2.45, 2.75) is 38.5 Å². The topological polar surface area (TPSA) is 59.8 Å². The first kappa shape index (κ1) is 14.8. The number of amides is 1. The third-order valence-electron chi connectivity index (χ3n) is 4.96. The van der Waals surface area contributed by atoms with Gasteiger partial charge in [0, 0.05) is 16.1 Å². The largest absolute Gasteiger partial charge is 0.296 e. The zero-order chi connectivity index (χ0) is 16.8. The molecule has 5 rings (SSSR count). The Morgan fingerprint density at radius 3 is 2.76 bits per heavy atom. The minimum absolute atomic E-state index is 0.139. The molecule has 0 saturated heterocycles. The van der Waals surface area contributed by atoms with Crippen LogP contribution in [0, 0.1) is 0 Å². The number of carbonyl (C=O) groups excluding carboxylic acids is 1. The highest BCUT2D eigenvalue weighted by atomic mass is 32.1. The Hall–Kier alpha value is -2.47. The standard InChI is InChI=1S/C19H18N4OS/c24-18(21-19-20-14-9-5-11-16(14)25-19)17-13-8-4-10-15(13)23(22-17)12-6-2-1-3-7-12/h1-3,6-7H,4-5,8-11H2,(H,20,21,24). The lowest BCUT2D eigenvalue weighted by molar-refractivity contribution is 0.102. The number of anilines is 1. The first-order chi connectivity index (χ1) is 12.3. The van der Waals surface area contributed by atoms with E-state index in [0.29, 0.717) is 10.8 Å². The average molecular weight is 350 g/mol. The van der Waals surface area contributed by atoms with E-state index in [0.717, 1.165) is 54.7 Å². The van der Waals surface area contributed by atoms with Gasteiger partial charge in [-0.2, -0.15) is 5.10 Å². The second-order valence-corrected chi connectivity index (χ2v) is 7.65. The lowest BCUT2D eigenvalue weighted by atomic mass is 10.2. The molecule has 0 saturated carbocycles. The van der Waals surface area contributed by atoms with Crippen LogP contribution >= 0.6 is 11.3 Å². The van der Waals surface area contributed by atoms with Crippen LogP contribution in [0.25, 0.3) is 5.69 Å². The first-order valence-electron chi connectivity index (χ1n) is 8.76. The summed E-state index contributed by atoms with van der Waals surface area (Å²) in [6.45, 7) is 0. The number of nitrogens with one attached hydrogen (secondary N) is 1. The number of carbonyl (C=O) groups is 1. The Bertz CT molecular complexity index is 936. The van der Waals surface area contributed by atoms with E-state index in [9.17, 15) is 4.79 Å². The molecule has 25 heavy (non-hydrogen) atoms. The van der Waals surface area contributed by atoms with Crippen LogP contribution in [-0.2, 0) is 25.7 Å². The van der Waals surface area contributed by atoms with Crippen LogP contribution in [0.5, 0.6) is 0 Å². The number of nitrogens with zero attached hydrogens (tertiary/aromatic N) is 3. The summed E-state index contributed by atoms with van der Waals surface area (Å²) in [7, 11) is 0. The number of aryl methyl sites for hydroxylation is 2. The summed E-state index contributed by atoms with van der Waals surface area (Å²) in [6, 6.07) is 10.0. The summed E-state index contributed by atoms with van der Waals surface area (Å²) in [5, 5.41) is 8.32. The van der Waals surface area contributed by atoms with E-state index in [1.807, 2.05) is 35.0 Å². The van der Waals surface area contributed by atoms with Gasteiger partial charge in [-0.3, -0.25) is 10.1 Å². The van der Waals surface area contributed by atoms with E-state index < -0.39 is 0 Å². The van der Waals surface area contributed by atoms with Gasteiger partial charge in [0.25, 0.3) is 5.91 Å². The predicted molar refractivity (Wildman–Crippen MR) is 97.7 cm³/mol. The molecule has 0 radical (unpaired) electrons. The Morgan fingerprint density at radius 2 is 1.92 bits per heavy atom. The van der Waals surface area contributed by atoms with Crippen molar-refractivity contribution in [3.63, 3.8) is 0 Å². The summed E-state index contributed by atoms with van der Waals surface area (Å²) < 4.78 is 1.93. The Labute approximate surface area is 149 Å². The fourth-order valence-corrected chi connectivity index (χ4v) is 4.85. The summed E-state index contributed by atoms with van der Waals surface area (Å²) in [5.41, 5.74) is 4.96. The van der Waals surface area contributed by atoms with Gasteiger partial charge in [0.05, 0.1) is 11.4 Å². The van der Waals surface area contributed by atoms with Crippen LogP contribution in [0.1, 0.15) is 45.2 Å². The van der Waals surface area contributed by atoms with Gasteiger partial charge in [0.1, 0.15) is 0 Å². The SMILES string of the molecule is O=C(Nc1nc2c(s1)CCC2)c1nn(-c2ccccc2)c2c1CCC2. The molecule has 2 aliphatic carbocycles. The number of hydrogen-bond donors (Lipinski definition) is 1. The zero-order valence-electron chi connectivity index (χ0n) is 13.8. The molecule has 1 N–H and O–H groups in total. The smallest absolute Gasteiger partial charge is 0.278 e. The molecule has 6 heteroatoms. The normalized spacial score (nSPS) is 15.2. The van der Waals surface area contributed by atoms with Crippen molar-refractivity contribution in [1.29, 1.82) is 0 Å². The van der Waals surface area contributed by atoms with Crippen molar-refractivity contribution in [1.82, 2.24) is 14.8 Å². The van der Waals surface area contributed by atoms with Crippen molar-refractivity contribution in [3.05, 3.63) is 57.9 Å². The molecule has 126 valence electrons. The van der Waals surface area contributed by atoms with Crippen LogP contribution in [0.3, 0.4) is 0 Å². The van der Waals surface area contributed by atoms with Crippen LogP contribution in [0.2, 0.25) is 0 Å². The molecule has 2 aromatic heterocycles. The molecule has 0 unspecified atom stereocenters. The van der Waals surface area contributed by atoms with Gasteiger partial charge in [-0.05, 0) is 50.7 Å². The highest BCUT2D eigenvalue weighted by Crippen LogP contribution is 2.32. The molecule has 0 aliphatic heterocycles. The number of para-hydroxylation sites is 1. The van der Waals surface area contributed by atoms with Gasteiger partial charge < -0.3 is 0 Å². The van der Waals surface area contributed by atoms with Crippen LogP contribution < -0.4 is 5.32 Å². The van der Waals surface area contributed by atoms with Gasteiger partial charge in [0.2, 0.25) is 0 Å². The molecule has 0 bridgehead atoms. The third-order valence-corrected chi connectivity index (χ3v) is 6.04. The van der Waals surface area contributed by atoms with E-state index >= 15 is 0 Å². The Balaban J connectivity index is 1.48. The van der Waals surface area contributed by atoms with E-state index in [1.54, 1.807) is 11.3 Å². The molecule has 2 aliphatic rings. The highest BCUT2D eigenvalue weighted by Gasteiger charge is 2.28. The number of benzene rings is 1. The lowest BCUT2D eigenvalue weighted by Gasteiger charge is -2.04. The fraction of sp³-hybridized carbons (Fsp3) is 0.316. The number of hydrogen-bond acceptors (Lipinski definition) is 4. The van der Waals surface area contributed by atoms with Gasteiger partial charge in [-0.25, -0.2) is 9.67 Å². The van der Waals surface area contributed by atoms with Crippen LogP contribution in [0.4, 0.5) is 5.13 Å². The maximum atomic E-state index is 12.8. The van der Waals surface area contributed by atoms with E-state index in [-0.39, 0.29) is 5.91 Å². The van der Waals surface area contributed by atoms with E-state index in [1.165, 1.54) is 11.3 Å². The van der Waals surface area contributed by atoms with Crippen LogP contribution in [0.15, 0.2) is 30.3 Å². The van der Waals surface area contributed by atoms with Crippen molar-refractivity contribution in [2.24, 2.45) is 0 Å². The van der Waals surface area contributed by atoms with Gasteiger partial charge in [-0.15, -0.1) is 11.3 Å². The third kappa shape index (κ3) is 2.48. The summed E-state index contributed by atoms with van der Waals surface area (Å²) in [5.74, 6) is -0.139. The fourth-order valence-electron chi connectivity index (χ4n) is 3.80. The molecule has 3 aromatic rings. The average Bonchev–Trinajstić information content (AvgIpc) is 3.35. The minimum Gasteiger partial charge on any atom is -0.296 e. The van der Waals surface area contributed by atoms with Gasteiger partial charge in [-0.1, -0.05) is 18.2 Å². The maximum absolute atomic E-state index is 12.8. The monoisotopic (exact) mass is 350 g/mol. The molecule has 5 nitrogen and oxygen atoms in total. The first-order valence-corrected chi connectivity index (χ1v) is 9.57. The van der Waals surface area contributed by atoms with Crippen molar-refractivity contribution in [3.8, 4) is 5.69 Å². The van der Waals surface area contributed by atoms with E-state index in [4.69, 9.17) is 0 Å². The zero-order valence-corrected chi connectivity index (χ0v) is 14.6. The molecule has 0 spiro atoms. The molecule has 1 aromatic carbocycles. The summed E-state index contributed by atoms with van der Waals surface area (Å²) in [6.07, 6.45) is 6.25.